The average molecular weight is 312 g/mol. The minimum absolute atomic E-state index is 0.158. The van der Waals surface area contributed by atoms with Crippen LogP contribution in [0.25, 0.3) is 0 Å². The highest BCUT2D eigenvalue weighted by Gasteiger charge is 2.36. The van der Waals surface area contributed by atoms with Gasteiger partial charge in [-0.3, -0.25) is 4.79 Å². The standard InChI is InChI=1S/C17H20N4O2/c1-2-23-14-5-3-4-12-16(14)17-19-15(22)10-13(21(17)20-12)11-6-8-18-9-7-11/h3-5,10-11,16,18H,2,6-9H2,1H3. The molecule has 2 aliphatic heterocycles. The van der Waals surface area contributed by atoms with Gasteiger partial charge >= 0.3 is 0 Å². The van der Waals surface area contributed by atoms with Crippen molar-refractivity contribution in [1.29, 1.82) is 0 Å². The van der Waals surface area contributed by atoms with Crippen LogP contribution < -0.4 is 10.9 Å². The first-order valence-electron chi connectivity index (χ1n) is 8.22. The lowest BCUT2D eigenvalue weighted by atomic mass is 9.93. The first-order chi connectivity index (χ1) is 11.3. The summed E-state index contributed by atoms with van der Waals surface area (Å²) in [5.41, 5.74) is 1.68. The molecule has 3 heterocycles. The fourth-order valence-electron chi connectivity index (χ4n) is 3.56. The number of ether oxygens (including phenoxy) is 1. The number of piperidine rings is 1. The fourth-order valence-corrected chi connectivity index (χ4v) is 3.56. The third kappa shape index (κ3) is 2.43. The molecule has 1 aromatic rings. The molecule has 1 saturated heterocycles. The van der Waals surface area contributed by atoms with Crippen LogP contribution in [-0.2, 0) is 4.74 Å². The molecular formula is C17H20N4O2. The van der Waals surface area contributed by atoms with Gasteiger partial charge in [-0.05, 0) is 45.0 Å². The summed E-state index contributed by atoms with van der Waals surface area (Å²) < 4.78 is 7.62. The summed E-state index contributed by atoms with van der Waals surface area (Å²) in [5.74, 6) is 1.69. The molecular weight excluding hydrogens is 292 g/mol. The topological polar surface area (TPSA) is 68.5 Å². The van der Waals surface area contributed by atoms with Gasteiger partial charge in [-0.2, -0.15) is 10.1 Å². The van der Waals surface area contributed by atoms with Crippen LogP contribution in [0.4, 0.5) is 0 Å². The van der Waals surface area contributed by atoms with Gasteiger partial charge in [0.25, 0.3) is 5.56 Å². The van der Waals surface area contributed by atoms with Crippen molar-refractivity contribution >= 4 is 5.71 Å². The highest BCUT2D eigenvalue weighted by molar-refractivity contribution is 6.04. The number of aromatic nitrogens is 2. The molecule has 6 nitrogen and oxygen atoms in total. The lowest BCUT2D eigenvalue weighted by Crippen LogP contribution is -2.29. The molecule has 1 fully saturated rings. The molecule has 4 rings (SSSR count). The van der Waals surface area contributed by atoms with Gasteiger partial charge < -0.3 is 10.1 Å². The summed E-state index contributed by atoms with van der Waals surface area (Å²) in [5, 5.41) is 8.09. The number of hydrogen-bond acceptors (Lipinski definition) is 5. The van der Waals surface area contributed by atoms with Crippen molar-refractivity contribution in [2.75, 3.05) is 19.7 Å². The first kappa shape index (κ1) is 14.4. The zero-order valence-corrected chi connectivity index (χ0v) is 13.2. The van der Waals surface area contributed by atoms with Gasteiger partial charge in [0, 0.05) is 12.0 Å². The second kappa shape index (κ2) is 5.77. The predicted molar refractivity (Wildman–Crippen MR) is 87.8 cm³/mol. The molecule has 0 bridgehead atoms. The quantitative estimate of drug-likeness (QED) is 0.918. The molecule has 0 amide bonds. The third-order valence-corrected chi connectivity index (χ3v) is 4.61. The molecule has 3 aliphatic rings. The Morgan fingerprint density at radius 1 is 1.39 bits per heavy atom. The number of hydrogen-bond donors (Lipinski definition) is 1. The zero-order chi connectivity index (χ0) is 15.8. The van der Waals surface area contributed by atoms with E-state index < -0.39 is 0 Å². The Balaban J connectivity index is 1.81. The van der Waals surface area contributed by atoms with Crippen LogP contribution in [0.3, 0.4) is 0 Å². The van der Waals surface area contributed by atoms with Crippen molar-refractivity contribution in [3.63, 3.8) is 0 Å². The van der Waals surface area contributed by atoms with Crippen LogP contribution >= 0.6 is 0 Å². The van der Waals surface area contributed by atoms with E-state index in [1.165, 1.54) is 0 Å². The van der Waals surface area contributed by atoms with E-state index in [0.29, 0.717) is 18.3 Å². The zero-order valence-electron chi connectivity index (χ0n) is 13.2. The summed E-state index contributed by atoms with van der Waals surface area (Å²) in [4.78, 5) is 16.4. The van der Waals surface area contributed by atoms with Crippen molar-refractivity contribution in [3.05, 3.63) is 51.9 Å². The number of nitrogens with zero attached hydrogens (tertiary/aromatic N) is 3. The van der Waals surface area contributed by atoms with Gasteiger partial charge in [0.15, 0.2) is 5.82 Å². The van der Waals surface area contributed by atoms with E-state index in [4.69, 9.17) is 9.84 Å². The van der Waals surface area contributed by atoms with Gasteiger partial charge in [-0.15, -0.1) is 0 Å². The molecule has 0 saturated carbocycles. The molecule has 1 atom stereocenters. The highest BCUT2D eigenvalue weighted by atomic mass is 16.5. The van der Waals surface area contributed by atoms with E-state index in [0.717, 1.165) is 43.1 Å². The van der Waals surface area contributed by atoms with Crippen LogP contribution in [0.1, 0.15) is 43.1 Å². The smallest absolute Gasteiger partial charge is 0.273 e. The summed E-state index contributed by atoms with van der Waals surface area (Å²) in [6.45, 7) is 4.49. The van der Waals surface area contributed by atoms with Crippen molar-refractivity contribution in [3.8, 4) is 0 Å². The second-order valence-electron chi connectivity index (χ2n) is 6.03. The first-order valence-corrected chi connectivity index (χ1v) is 8.22. The molecule has 0 radical (unpaired) electrons. The van der Waals surface area contributed by atoms with E-state index in [-0.39, 0.29) is 11.5 Å². The van der Waals surface area contributed by atoms with Gasteiger partial charge in [0.2, 0.25) is 0 Å². The molecule has 23 heavy (non-hydrogen) atoms. The average Bonchev–Trinajstić information content (AvgIpc) is 2.94. The monoisotopic (exact) mass is 312 g/mol. The summed E-state index contributed by atoms with van der Waals surface area (Å²) in [6, 6.07) is 1.65. The number of rotatable bonds is 3. The molecule has 1 unspecified atom stereocenters. The summed E-state index contributed by atoms with van der Waals surface area (Å²) >= 11 is 0. The van der Waals surface area contributed by atoms with E-state index in [2.05, 4.69) is 10.3 Å². The van der Waals surface area contributed by atoms with Gasteiger partial charge in [-0.25, -0.2) is 4.68 Å². The third-order valence-electron chi connectivity index (χ3n) is 4.61. The molecule has 120 valence electrons. The maximum Gasteiger partial charge on any atom is 0.273 e. The van der Waals surface area contributed by atoms with E-state index in [1.807, 2.05) is 29.8 Å². The number of nitrogens with one attached hydrogen (secondary N) is 1. The lowest BCUT2D eigenvalue weighted by Gasteiger charge is -2.24. The van der Waals surface area contributed by atoms with E-state index in [9.17, 15) is 4.79 Å². The Hall–Kier alpha value is -2.21. The largest absolute Gasteiger partial charge is 0.497 e. The molecule has 0 aromatic carbocycles. The fraction of sp³-hybridized carbons (Fsp3) is 0.471. The maximum atomic E-state index is 12.2. The Labute approximate surface area is 134 Å². The van der Waals surface area contributed by atoms with Gasteiger partial charge in [-0.1, -0.05) is 6.08 Å². The van der Waals surface area contributed by atoms with Crippen LogP contribution in [0.5, 0.6) is 0 Å². The van der Waals surface area contributed by atoms with Gasteiger partial charge in [0.1, 0.15) is 11.7 Å². The van der Waals surface area contributed by atoms with Gasteiger partial charge in [0.05, 0.1) is 18.0 Å². The number of allylic oxidation sites excluding steroid dienone is 4. The second-order valence-corrected chi connectivity index (χ2v) is 6.03. The Morgan fingerprint density at radius 2 is 2.22 bits per heavy atom. The Bertz CT molecular complexity index is 769. The van der Waals surface area contributed by atoms with Crippen molar-refractivity contribution in [2.45, 2.75) is 31.6 Å². The lowest BCUT2D eigenvalue weighted by molar-refractivity contribution is 0.217. The highest BCUT2D eigenvalue weighted by Crippen LogP contribution is 2.36. The molecule has 1 N–H and O–H groups in total. The van der Waals surface area contributed by atoms with E-state index >= 15 is 0 Å². The summed E-state index contributed by atoms with van der Waals surface area (Å²) in [7, 11) is 0. The molecule has 1 aliphatic carbocycles. The van der Waals surface area contributed by atoms with Crippen LogP contribution in [-0.4, -0.2) is 35.1 Å². The minimum atomic E-state index is -0.188. The minimum Gasteiger partial charge on any atom is -0.497 e. The van der Waals surface area contributed by atoms with Crippen LogP contribution in [0.15, 0.2) is 39.9 Å². The predicted octanol–water partition coefficient (Wildman–Crippen LogP) is 1.50. The Morgan fingerprint density at radius 3 is 3.00 bits per heavy atom. The Kier molecular flexibility index (Phi) is 3.61. The SMILES string of the molecule is CCOC1=CC=CC2=Nn3c(C4CCNCC4)cc(=O)nc3C12. The van der Waals surface area contributed by atoms with Crippen LogP contribution in [0.2, 0.25) is 0 Å². The summed E-state index contributed by atoms with van der Waals surface area (Å²) in [6.07, 6.45) is 7.88. The van der Waals surface area contributed by atoms with E-state index in [1.54, 1.807) is 6.07 Å². The van der Waals surface area contributed by atoms with Crippen molar-refractivity contribution in [2.24, 2.45) is 5.10 Å². The molecule has 0 spiro atoms. The van der Waals surface area contributed by atoms with Crippen molar-refractivity contribution < 1.29 is 4.74 Å². The van der Waals surface area contributed by atoms with Crippen molar-refractivity contribution in [1.82, 2.24) is 15.0 Å². The molecule has 1 aromatic heterocycles. The van der Waals surface area contributed by atoms with Crippen LogP contribution in [0, 0.1) is 0 Å². The maximum absolute atomic E-state index is 12.2. The molecule has 6 heteroatoms. The normalized spacial score (nSPS) is 23.1. The number of fused-ring (bicyclic) bond motifs is 3.